The van der Waals surface area contributed by atoms with Crippen LogP contribution in [-0.2, 0) is 0 Å². The quantitative estimate of drug-likeness (QED) is 0.812. The van der Waals surface area contributed by atoms with Gasteiger partial charge in [0.2, 0.25) is 0 Å². The van der Waals surface area contributed by atoms with Crippen molar-refractivity contribution < 1.29 is 0 Å². The van der Waals surface area contributed by atoms with Crippen molar-refractivity contribution in [2.45, 2.75) is 50.8 Å². The van der Waals surface area contributed by atoms with Crippen LogP contribution < -0.4 is 10.7 Å². The van der Waals surface area contributed by atoms with Crippen molar-refractivity contribution in [1.82, 2.24) is 10.7 Å². The fourth-order valence-electron chi connectivity index (χ4n) is 2.74. The smallest absolute Gasteiger partial charge is 0.182 e. The highest BCUT2D eigenvalue weighted by atomic mass is 32.2. The van der Waals surface area contributed by atoms with E-state index < -0.39 is 0 Å². The van der Waals surface area contributed by atoms with Crippen molar-refractivity contribution in [2.75, 3.05) is 6.54 Å². The molecule has 1 heterocycles. The van der Waals surface area contributed by atoms with Gasteiger partial charge in [-0.25, -0.2) is 0 Å². The molecule has 2 N–H and O–H groups in total. The standard InChI is InChI=1S/C13H23N3S/c1-9-2-4-10(5-3-9)8-14-13-16-15-12(17-13)11-6-7-11/h9-12,15H,2-8H2,1H3,(H,14,16)/t9-,10-,12?. The Morgan fingerprint density at radius 3 is 2.71 bits per heavy atom. The van der Waals surface area contributed by atoms with Gasteiger partial charge in [0.05, 0.1) is 5.37 Å². The summed E-state index contributed by atoms with van der Waals surface area (Å²) in [7, 11) is 0. The predicted octanol–water partition coefficient (Wildman–Crippen LogP) is 2.75. The molecule has 1 atom stereocenters. The van der Waals surface area contributed by atoms with Crippen LogP contribution in [0, 0.1) is 17.8 Å². The summed E-state index contributed by atoms with van der Waals surface area (Å²) in [6.45, 7) is 3.50. The van der Waals surface area contributed by atoms with Gasteiger partial charge in [-0.15, -0.1) is 0 Å². The third-order valence-corrected chi connectivity index (χ3v) is 5.46. The van der Waals surface area contributed by atoms with E-state index in [-0.39, 0.29) is 0 Å². The lowest BCUT2D eigenvalue weighted by molar-refractivity contribution is 0.290. The van der Waals surface area contributed by atoms with E-state index in [4.69, 9.17) is 0 Å². The summed E-state index contributed by atoms with van der Waals surface area (Å²) in [5, 5.41) is 9.61. The summed E-state index contributed by atoms with van der Waals surface area (Å²) < 4.78 is 0. The topological polar surface area (TPSA) is 36.4 Å². The number of nitrogens with zero attached hydrogens (tertiary/aromatic N) is 1. The average molecular weight is 253 g/mol. The van der Waals surface area contributed by atoms with E-state index in [1.807, 2.05) is 11.8 Å². The minimum atomic E-state index is 0.559. The Kier molecular flexibility index (Phi) is 3.50. The molecule has 0 radical (unpaired) electrons. The molecule has 0 aromatic heterocycles. The zero-order valence-electron chi connectivity index (χ0n) is 10.6. The number of hydrogen-bond acceptors (Lipinski definition) is 4. The molecule has 3 rings (SSSR count). The highest BCUT2D eigenvalue weighted by Gasteiger charge is 2.35. The van der Waals surface area contributed by atoms with Gasteiger partial charge in [-0.05, 0) is 43.4 Å². The molecule has 0 bridgehead atoms. The first-order chi connectivity index (χ1) is 8.31. The lowest BCUT2D eigenvalue weighted by Crippen LogP contribution is -2.29. The van der Waals surface area contributed by atoms with Crippen molar-refractivity contribution in [3.05, 3.63) is 0 Å². The minimum Gasteiger partial charge on any atom is -0.363 e. The molecule has 3 aliphatic rings. The zero-order chi connectivity index (χ0) is 11.7. The second-order valence-corrected chi connectivity index (χ2v) is 7.06. The molecule has 1 aliphatic heterocycles. The Labute approximate surface area is 108 Å². The molecule has 17 heavy (non-hydrogen) atoms. The van der Waals surface area contributed by atoms with Crippen LogP contribution in [0.25, 0.3) is 0 Å². The minimum absolute atomic E-state index is 0.559. The van der Waals surface area contributed by atoms with E-state index in [1.165, 1.54) is 38.5 Å². The van der Waals surface area contributed by atoms with Gasteiger partial charge in [-0.1, -0.05) is 31.5 Å². The highest BCUT2D eigenvalue weighted by molar-refractivity contribution is 8.14. The van der Waals surface area contributed by atoms with Crippen LogP contribution >= 0.6 is 11.8 Å². The largest absolute Gasteiger partial charge is 0.363 e. The Bertz CT molecular complexity index is 293. The molecule has 0 spiro atoms. The van der Waals surface area contributed by atoms with Crippen molar-refractivity contribution in [2.24, 2.45) is 22.9 Å². The van der Waals surface area contributed by atoms with E-state index in [1.54, 1.807) is 0 Å². The molecule has 2 aliphatic carbocycles. The number of thioether (sulfide) groups is 1. The lowest BCUT2D eigenvalue weighted by atomic mass is 9.83. The van der Waals surface area contributed by atoms with E-state index >= 15 is 0 Å². The van der Waals surface area contributed by atoms with Crippen molar-refractivity contribution in [3.63, 3.8) is 0 Å². The Hall–Kier alpha value is -0.380. The third kappa shape index (κ3) is 3.09. The molecular weight excluding hydrogens is 230 g/mol. The zero-order valence-corrected chi connectivity index (χ0v) is 11.4. The SMILES string of the molecule is C[C@H]1CC[C@H](CNC2=NNC(C3CC3)S2)CC1. The van der Waals surface area contributed by atoms with Crippen LogP contribution in [0.3, 0.4) is 0 Å². The maximum absolute atomic E-state index is 4.40. The number of hydrazone groups is 1. The normalized spacial score (nSPS) is 37.5. The first kappa shape index (κ1) is 11.7. The van der Waals surface area contributed by atoms with E-state index in [2.05, 4.69) is 22.8 Å². The van der Waals surface area contributed by atoms with Gasteiger partial charge in [0.25, 0.3) is 0 Å². The van der Waals surface area contributed by atoms with E-state index in [9.17, 15) is 0 Å². The molecule has 3 nitrogen and oxygen atoms in total. The molecule has 0 aromatic carbocycles. The number of rotatable bonds is 3. The Morgan fingerprint density at radius 1 is 1.24 bits per heavy atom. The summed E-state index contributed by atoms with van der Waals surface area (Å²) in [5.74, 6) is 2.69. The maximum atomic E-state index is 4.40. The first-order valence-corrected chi connectivity index (χ1v) is 7.93. The molecule has 96 valence electrons. The molecule has 0 aromatic rings. The molecule has 4 heteroatoms. The Balaban J connectivity index is 1.37. The highest BCUT2D eigenvalue weighted by Crippen LogP contribution is 2.39. The molecule has 1 unspecified atom stereocenters. The molecule has 2 fully saturated rings. The maximum Gasteiger partial charge on any atom is 0.182 e. The molecule has 0 saturated heterocycles. The van der Waals surface area contributed by atoms with Crippen molar-refractivity contribution in [1.29, 1.82) is 0 Å². The van der Waals surface area contributed by atoms with Crippen LogP contribution in [0.2, 0.25) is 0 Å². The van der Waals surface area contributed by atoms with Crippen molar-refractivity contribution >= 4 is 16.9 Å². The molecule has 0 amide bonds. The molecular formula is C13H23N3S. The third-order valence-electron chi connectivity index (χ3n) is 4.26. The van der Waals surface area contributed by atoms with Crippen LogP contribution in [-0.4, -0.2) is 17.1 Å². The van der Waals surface area contributed by atoms with Gasteiger partial charge < -0.3 is 5.32 Å². The number of nitrogens with one attached hydrogen (secondary N) is 2. The first-order valence-electron chi connectivity index (χ1n) is 7.05. The Morgan fingerprint density at radius 2 is 2.00 bits per heavy atom. The van der Waals surface area contributed by atoms with Crippen LogP contribution in [0.15, 0.2) is 5.10 Å². The summed E-state index contributed by atoms with van der Waals surface area (Å²) in [4.78, 5) is 0. The van der Waals surface area contributed by atoms with Crippen LogP contribution in [0.5, 0.6) is 0 Å². The fraction of sp³-hybridized carbons (Fsp3) is 0.923. The fourth-order valence-corrected chi connectivity index (χ4v) is 3.82. The van der Waals surface area contributed by atoms with Crippen LogP contribution in [0.1, 0.15) is 45.4 Å². The monoisotopic (exact) mass is 253 g/mol. The molecule has 2 saturated carbocycles. The van der Waals surface area contributed by atoms with Gasteiger partial charge in [-0.2, -0.15) is 5.10 Å². The summed E-state index contributed by atoms with van der Waals surface area (Å²) in [5.41, 5.74) is 3.25. The summed E-state index contributed by atoms with van der Waals surface area (Å²) in [6, 6.07) is 0. The second-order valence-electron chi connectivity index (χ2n) is 5.93. The predicted molar refractivity (Wildman–Crippen MR) is 73.8 cm³/mol. The number of amidine groups is 1. The van der Waals surface area contributed by atoms with Gasteiger partial charge in [-0.3, -0.25) is 5.43 Å². The van der Waals surface area contributed by atoms with Crippen LogP contribution in [0.4, 0.5) is 0 Å². The summed E-state index contributed by atoms with van der Waals surface area (Å²) >= 11 is 1.90. The van der Waals surface area contributed by atoms with Gasteiger partial charge in [0, 0.05) is 6.54 Å². The van der Waals surface area contributed by atoms with Gasteiger partial charge in [0.1, 0.15) is 0 Å². The van der Waals surface area contributed by atoms with Gasteiger partial charge in [0.15, 0.2) is 5.17 Å². The van der Waals surface area contributed by atoms with E-state index in [0.717, 1.165) is 29.5 Å². The summed E-state index contributed by atoms with van der Waals surface area (Å²) in [6.07, 6.45) is 8.38. The second kappa shape index (κ2) is 5.09. The van der Waals surface area contributed by atoms with Gasteiger partial charge >= 0.3 is 0 Å². The number of hydrogen-bond donors (Lipinski definition) is 2. The van der Waals surface area contributed by atoms with Crippen molar-refractivity contribution in [3.8, 4) is 0 Å². The lowest BCUT2D eigenvalue weighted by Gasteiger charge is -2.26. The average Bonchev–Trinajstić information content (AvgIpc) is 3.09. The van der Waals surface area contributed by atoms with E-state index in [0.29, 0.717) is 5.37 Å².